The zero-order chi connectivity index (χ0) is 34.7. The van der Waals surface area contributed by atoms with Crippen LogP contribution in [0, 0.1) is 23.3 Å². The first-order valence-electron chi connectivity index (χ1n) is 15.7. The molecule has 1 aromatic carbocycles. The average Bonchev–Trinajstić information content (AvgIpc) is 3.61. The molecule has 1 aromatic rings. The number of thioether (sulfide) groups is 1. The Morgan fingerprint density at radius 3 is 1.90 bits per heavy atom. The van der Waals surface area contributed by atoms with Gasteiger partial charge in [-0.1, -0.05) is 6.42 Å². The van der Waals surface area contributed by atoms with Gasteiger partial charge in [0.1, 0.15) is 0 Å². The summed E-state index contributed by atoms with van der Waals surface area (Å²) in [5, 5.41) is 11.8. The standard InChI is InChI=1S/C30H42F4N4O9S/c31-19-17-20(32)27(34)29(26(19)33)47-25(41)6-10-44-12-14-46-16-15-45-13-11-43-9-5-24(40)36-8-7-35-23(39)4-2-1-3-22-28-21(18-48-22)37-30(42)38-28/h17,21-22,28H,1-16,18H2,(H,35,39)(H,36,40)(H2,37,38,42)/t21-,22-,28-/m0/s1. The van der Waals surface area contributed by atoms with E-state index in [9.17, 15) is 36.7 Å². The monoisotopic (exact) mass is 710 g/mol. The van der Waals surface area contributed by atoms with E-state index in [1.54, 1.807) is 0 Å². The number of ether oxygens (including phenoxy) is 5. The van der Waals surface area contributed by atoms with Gasteiger partial charge in [0.25, 0.3) is 0 Å². The molecule has 0 saturated carbocycles. The maximum Gasteiger partial charge on any atom is 0.315 e. The van der Waals surface area contributed by atoms with E-state index in [2.05, 4.69) is 26.0 Å². The van der Waals surface area contributed by atoms with Crippen LogP contribution in [0.15, 0.2) is 6.07 Å². The number of fused-ring (bicyclic) bond motifs is 1. The average molecular weight is 711 g/mol. The van der Waals surface area contributed by atoms with E-state index >= 15 is 0 Å². The Hall–Kier alpha value is -3.19. The highest BCUT2D eigenvalue weighted by Gasteiger charge is 2.42. The van der Waals surface area contributed by atoms with E-state index in [0.717, 1.165) is 25.0 Å². The lowest BCUT2D eigenvalue weighted by Crippen LogP contribution is -2.36. The van der Waals surface area contributed by atoms with Crippen LogP contribution in [0.4, 0.5) is 22.4 Å². The van der Waals surface area contributed by atoms with Crippen LogP contribution in [0.1, 0.15) is 38.5 Å². The van der Waals surface area contributed by atoms with Crippen molar-refractivity contribution in [3.8, 4) is 5.75 Å². The molecule has 2 heterocycles. The Morgan fingerprint density at radius 2 is 1.29 bits per heavy atom. The van der Waals surface area contributed by atoms with Gasteiger partial charge in [-0.3, -0.25) is 14.4 Å². The fourth-order valence-electron chi connectivity index (χ4n) is 4.74. The summed E-state index contributed by atoms with van der Waals surface area (Å²) in [5.41, 5.74) is 0. The first kappa shape index (κ1) is 39.3. The summed E-state index contributed by atoms with van der Waals surface area (Å²) in [6.07, 6.45) is 2.80. The van der Waals surface area contributed by atoms with Gasteiger partial charge in [0.2, 0.25) is 29.2 Å². The Bertz CT molecular complexity index is 1190. The molecule has 0 radical (unpaired) electrons. The topological polar surface area (TPSA) is 163 Å². The second kappa shape index (κ2) is 21.7. The van der Waals surface area contributed by atoms with Crippen molar-refractivity contribution in [2.75, 3.05) is 71.7 Å². The van der Waals surface area contributed by atoms with Crippen LogP contribution in [-0.2, 0) is 33.3 Å². The van der Waals surface area contributed by atoms with Crippen molar-refractivity contribution in [3.63, 3.8) is 0 Å². The van der Waals surface area contributed by atoms with Gasteiger partial charge in [0.05, 0.1) is 71.4 Å². The van der Waals surface area contributed by atoms with E-state index in [1.807, 2.05) is 11.8 Å². The Labute approximate surface area is 279 Å². The first-order valence-corrected chi connectivity index (χ1v) is 16.8. The van der Waals surface area contributed by atoms with Crippen molar-refractivity contribution in [1.29, 1.82) is 0 Å². The predicted molar refractivity (Wildman–Crippen MR) is 164 cm³/mol. The molecule has 2 aliphatic heterocycles. The number of benzene rings is 1. The molecule has 0 aliphatic carbocycles. The van der Waals surface area contributed by atoms with Crippen molar-refractivity contribution in [3.05, 3.63) is 29.3 Å². The summed E-state index contributed by atoms with van der Waals surface area (Å²) in [6, 6.07) is 0.286. The zero-order valence-electron chi connectivity index (χ0n) is 26.4. The SMILES string of the molecule is O=C(CCCC[C@@H]1SC[C@@H]2NC(=O)N[C@@H]21)NCCNC(=O)CCOCCOCCOCCOCCC(=O)Oc1c(F)c(F)cc(F)c1F. The van der Waals surface area contributed by atoms with Crippen LogP contribution >= 0.6 is 11.8 Å². The molecule has 3 rings (SSSR count). The fourth-order valence-corrected chi connectivity index (χ4v) is 6.29. The normalized spacial score (nSPS) is 18.2. The Kier molecular flexibility index (Phi) is 17.8. The van der Waals surface area contributed by atoms with Gasteiger partial charge >= 0.3 is 12.0 Å². The molecule has 48 heavy (non-hydrogen) atoms. The maximum absolute atomic E-state index is 13.5. The number of hydrogen-bond acceptors (Lipinski definition) is 10. The van der Waals surface area contributed by atoms with Crippen molar-refractivity contribution in [2.24, 2.45) is 0 Å². The number of urea groups is 1. The number of hydrogen-bond donors (Lipinski definition) is 4. The van der Waals surface area contributed by atoms with Crippen LogP contribution in [0.3, 0.4) is 0 Å². The Balaban J connectivity index is 1.03. The predicted octanol–water partition coefficient (Wildman–Crippen LogP) is 1.95. The third kappa shape index (κ3) is 14.1. The van der Waals surface area contributed by atoms with Gasteiger partial charge in [0.15, 0.2) is 11.6 Å². The van der Waals surface area contributed by atoms with E-state index in [0.29, 0.717) is 31.4 Å². The fraction of sp³-hybridized carbons (Fsp3) is 0.667. The molecule has 4 amide bonds. The van der Waals surface area contributed by atoms with Gasteiger partial charge in [-0.05, 0) is 12.8 Å². The van der Waals surface area contributed by atoms with Crippen molar-refractivity contribution < 1.29 is 60.4 Å². The number of nitrogens with one attached hydrogen (secondary N) is 4. The molecule has 3 atom stereocenters. The van der Waals surface area contributed by atoms with Gasteiger partial charge < -0.3 is 45.0 Å². The van der Waals surface area contributed by atoms with Gasteiger partial charge in [-0.15, -0.1) is 0 Å². The van der Waals surface area contributed by atoms with E-state index in [4.69, 9.17) is 18.9 Å². The summed E-state index contributed by atoms with van der Waals surface area (Å²) in [4.78, 5) is 47.0. The van der Waals surface area contributed by atoms with Crippen molar-refractivity contribution >= 4 is 35.6 Å². The minimum atomic E-state index is -1.81. The minimum absolute atomic E-state index is 0.00861. The van der Waals surface area contributed by atoms with Crippen LogP contribution in [0.25, 0.3) is 0 Å². The van der Waals surface area contributed by atoms with Crippen LogP contribution in [0.2, 0.25) is 0 Å². The lowest BCUT2D eigenvalue weighted by molar-refractivity contribution is -0.136. The van der Waals surface area contributed by atoms with Crippen LogP contribution in [-0.4, -0.2) is 113 Å². The van der Waals surface area contributed by atoms with Gasteiger partial charge in [-0.2, -0.15) is 20.5 Å². The molecule has 4 N–H and O–H groups in total. The molecule has 13 nitrogen and oxygen atoms in total. The molecule has 270 valence electrons. The summed E-state index contributed by atoms with van der Waals surface area (Å²) < 4.78 is 78.9. The molecule has 2 aliphatic rings. The lowest BCUT2D eigenvalue weighted by atomic mass is 10.0. The number of unbranched alkanes of at least 4 members (excludes halogenated alkanes) is 1. The number of carbonyl (C=O) groups excluding carboxylic acids is 4. The highest BCUT2D eigenvalue weighted by molar-refractivity contribution is 8.00. The smallest absolute Gasteiger partial charge is 0.315 e. The third-order valence-electron chi connectivity index (χ3n) is 7.18. The first-order chi connectivity index (χ1) is 23.2. The lowest BCUT2D eigenvalue weighted by Gasteiger charge is -2.16. The van der Waals surface area contributed by atoms with Crippen LogP contribution < -0.4 is 26.0 Å². The summed E-state index contributed by atoms with van der Waals surface area (Å²) in [7, 11) is 0. The number of esters is 1. The van der Waals surface area contributed by atoms with E-state index in [1.165, 1.54) is 0 Å². The maximum atomic E-state index is 13.5. The van der Waals surface area contributed by atoms with Crippen LogP contribution in [0.5, 0.6) is 5.75 Å². The molecule has 2 fully saturated rings. The summed E-state index contributed by atoms with van der Waals surface area (Å²) in [6.45, 7) is 2.09. The number of halogens is 4. The highest BCUT2D eigenvalue weighted by atomic mass is 32.2. The molecule has 2 saturated heterocycles. The second-order valence-electron chi connectivity index (χ2n) is 10.8. The minimum Gasteiger partial charge on any atom is -0.420 e. The molecular weight excluding hydrogens is 668 g/mol. The molecular formula is C30H42F4N4O9S. The third-order valence-corrected chi connectivity index (χ3v) is 8.69. The van der Waals surface area contributed by atoms with Crippen molar-refractivity contribution in [1.82, 2.24) is 21.3 Å². The number of amides is 4. The summed E-state index contributed by atoms with van der Waals surface area (Å²) in [5.74, 6) is -8.89. The summed E-state index contributed by atoms with van der Waals surface area (Å²) >= 11 is 1.86. The molecule has 0 unspecified atom stereocenters. The highest BCUT2D eigenvalue weighted by Crippen LogP contribution is 2.33. The Morgan fingerprint density at radius 1 is 0.750 bits per heavy atom. The number of rotatable bonds is 24. The van der Waals surface area contributed by atoms with E-state index < -0.39 is 41.4 Å². The van der Waals surface area contributed by atoms with Crippen molar-refractivity contribution in [2.45, 2.75) is 55.9 Å². The molecule has 0 aromatic heterocycles. The molecule has 0 bridgehead atoms. The quantitative estimate of drug-likeness (QED) is 0.0312. The zero-order valence-corrected chi connectivity index (χ0v) is 27.2. The largest absolute Gasteiger partial charge is 0.420 e. The van der Waals surface area contributed by atoms with Gasteiger partial charge in [-0.25, -0.2) is 13.6 Å². The molecule has 0 spiro atoms. The number of carbonyl (C=O) groups is 4. The van der Waals surface area contributed by atoms with E-state index in [-0.39, 0.29) is 88.7 Å². The van der Waals surface area contributed by atoms with Gasteiger partial charge in [0, 0.05) is 43.0 Å². The molecule has 18 heteroatoms. The second-order valence-corrected chi connectivity index (χ2v) is 12.1.